The summed E-state index contributed by atoms with van der Waals surface area (Å²) in [4.78, 5) is 10.7. The molecule has 3 unspecified atom stereocenters. The zero-order valence-electron chi connectivity index (χ0n) is 21.2. The summed E-state index contributed by atoms with van der Waals surface area (Å²) in [6.07, 6.45) is -2.46. The van der Waals surface area contributed by atoms with Crippen molar-refractivity contribution in [2.24, 2.45) is 5.41 Å². The van der Waals surface area contributed by atoms with Gasteiger partial charge in [-0.1, -0.05) is 49.1 Å². The van der Waals surface area contributed by atoms with E-state index >= 15 is 0 Å². The molecule has 0 aliphatic carbocycles. The van der Waals surface area contributed by atoms with Crippen molar-refractivity contribution in [1.29, 1.82) is 0 Å². The van der Waals surface area contributed by atoms with Crippen molar-refractivity contribution in [3.05, 3.63) is 94.6 Å². The molecule has 0 bridgehead atoms. The van der Waals surface area contributed by atoms with Gasteiger partial charge >= 0.3 is 0 Å². The third-order valence-corrected chi connectivity index (χ3v) is 6.97. The Bertz CT molecular complexity index is 1330. The minimum Gasteiger partial charge on any atom is -0.380 e. The van der Waals surface area contributed by atoms with E-state index in [0.717, 1.165) is 5.69 Å². The first-order chi connectivity index (χ1) is 17.4. The fraction of sp³-hybridized carbons (Fsp3) is 0.379. The highest BCUT2D eigenvalue weighted by Crippen LogP contribution is 2.50. The van der Waals surface area contributed by atoms with Crippen molar-refractivity contribution in [2.45, 2.75) is 44.6 Å². The monoisotopic (exact) mass is 509 g/mol. The topological polar surface area (TPSA) is 69.5 Å². The number of alkyl halides is 3. The number of hydrogen-bond acceptors (Lipinski definition) is 5. The standard InChI is InChI=1S/C29H30F3N3O2/c1-19-6-5-7-24(34-19)28(3,36)13-12-20-14-23(16-33-15-20)29(37,27(2)17-35(4)18-27)22-10-8-21(9-11-22)25(30)26(31)32/h5-11,14-16,25-26,36-37H,17-18H2,1-4H3. The van der Waals surface area contributed by atoms with E-state index in [1.807, 2.05) is 27.0 Å². The van der Waals surface area contributed by atoms with Crippen LogP contribution in [0.1, 0.15) is 53.7 Å². The Morgan fingerprint density at radius 3 is 2.30 bits per heavy atom. The molecule has 4 rings (SSSR count). The number of aryl methyl sites for hydroxylation is 1. The zero-order valence-corrected chi connectivity index (χ0v) is 21.2. The molecule has 3 aromatic rings. The molecule has 3 atom stereocenters. The number of aliphatic hydroxyl groups is 2. The van der Waals surface area contributed by atoms with Crippen LogP contribution in [0.15, 0.2) is 60.9 Å². The van der Waals surface area contributed by atoms with Gasteiger partial charge in [-0.2, -0.15) is 0 Å². The molecule has 2 aromatic heterocycles. The molecule has 0 spiro atoms. The zero-order chi connectivity index (χ0) is 27.0. The quantitative estimate of drug-likeness (QED) is 0.479. The lowest BCUT2D eigenvalue weighted by Gasteiger charge is -2.55. The van der Waals surface area contributed by atoms with Crippen molar-refractivity contribution in [3.63, 3.8) is 0 Å². The average Bonchev–Trinajstić information content (AvgIpc) is 2.86. The van der Waals surface area contributed by atoms with Gasteiger partial charge in [-0.25, -0.2) is 13.2 Å². The van der Waals surface area contributed by atoms with E-state index in [4.69, 9.17) is 0 Å². The minimum atomic E-state index is -3.13. The largest absolute Gasteiger partial charge is 0.380 e. The average molecular weight is 510 g/mol. The Balaban J connectivity index is 1.74. The van der Waals surface area contributed by atoms with E-state index in [1.165, 1.54) is 30.5 Å². The summed E-state index contributed by atoms with van der Waals surface area (Å²) >= 11 is 0. The van der Waals surface area contributed by atoms with E-state index in [2.05, 4.69) is 26.7 Å². The molecule has 3 heterocycles. The fourth-order valence-corrected chi connectivity index (χ4v) is 5.07. The van der Waals surface area contributed by atoms with Crippen molar-refractivity contribution in [1.82, 2.24) is 14.9 Å². The van der Waals surface area contributed by atoms with Crippen LogP contribution in [0.3, 0.4) is 0 Å². The normalized spacial score (nSPS) is 19.2. The summed E-state index contributed by atoms with van der Waals surface area (Å²) in [5.41, 5.74) is -1.31. The third-order valence-electron chi connectivity index (χ3n) is 6.97. The van der Waals surface area contributed by atoms with Gasteiger partial charge in [0.25, 0.3) is 6.43 Å². The smallest absolute Gasteiger partial charge is 0.273 e. The first-order valence-electron chi connectivity index (χ1n) is 11.9. The summed E-state index contributed by atoms with van der Waals surface area (Å²) in [7, 11) is 1.93. The minimum absolute atomic E-state index is 0.151. The molecule has 194 valence electrons. The van der Waals surface area contributed by atoms with Crippen LogP contribution in [0, 0.1) is 24.2 Å². The number of benzene rings is 1. The molecule has 1 aromatic carbocycles. The second-order valence-electron chi connectivity index (χ2n) is 10.3. The molecule has 0 saturated carbocycles. The maximum absolute atomic E-state index is 13.9. The molecule has 37 heavy (non-hydrogen) atoms. The van der Waals surface area contributed by atoms with Crippen molar-refractivity contribution in [3.8, 4) is 11.8 Å². The van der Waals surface area contributed by atoms with Crippen LogP contribution in [0.2, 0.25) is 0 Å². The Kier molecular flexibility index (Phi) is 7.17. The van der Waals surface area contributed by atoms with Crippen LogP contribution in [0.25, 0.3) is 0 Å². The number of hydrogen-bond donors (Lipinski definition) is 2. The van der Waals surface area contributed by atoms with Crippen LogP contribution in [0.5, 0.6) is 0 Å². The number of aromatic nitrogens is 2. The number of pyridine rings is 2. The lowest BCUT2D eigenvalue weighted by atomic mass is 9.62. The molecule has 1 aliphatic rings. The number of nitrogens with zero attached hydrogens (tertiary/aromatic N) is 3. The van der Waals surface area contributed by atoms with Crippen molar-refractivity contribution < 1.29 is 23.4 Å². The van der Waals surface area contributed by atoms with Gasteiger partial charge in [0.05, 0.1) is 5.69 Å². The number of likely N-dealkylation sites (tertiary alicyclic amines) is 1. The van der Waals surface area contributed by atoms with Gasteiger partial charge in [0.1, 0.15) is 5.60 Å². The predicted octanol–water partition coefficient (Wildman–Crippen LogP) is 4.51. The van der Waals surface area contributed by atoms with Crippen molar-refractivity contribution in [2.75, 3.05) is 20.1 Å². The van der Waals surface area contributed by atoms with E-state index in [1.54, 1.807) is 31.3 Å². The molecule has 0 radical (unpaired) electrons. The van der Waals surface area contributed by atoms with Gasteiger partial charge < -0.3 is 15.1 Å². The number of halogens is 3. The van der Waals surface area contributed by atoms with E-state index < -0.39 is 29.2 Å². The molecular formula is C29H30F3N3O2. The second-order valence-corrected chi connectivity index (χ2v) is 10.3. The first-order valence-corrected chi connectivity index (χ1v) is 11.9. The van der Waals surface area contributed by atoms with Crippen LogP contribution in [-0.4, -0.2) is 51.6 Å². The van der Waals surface area contributed by atoms with Gasteiger partial charge in [0.15, 0.2) is 11.8 Å². The van der Waals surface area contributed by atoms with Gasteiger partial charge in [-0.3, -0.25) is 9.97 Å². The molecule has 1 fully saturated rings. The predicted molar refractivity (Wildman–Crippen MR) is 135 cm³/mol. The van der Waals surface area contributed by atoms with Crippen molar-refractivity contribution >= 4 is 0 Å². The van der Waals surface area contributed by atoms with E-state index in [9.17, 15) is 23.4 Å². The summed E-state index contributed by atoms with van der Waals surface area (Å²) < 4.78 is 39.6. The Morgan fingerprint density at radius 2 is 1.70 bits per heavy atom. The van der Waals surface area contributed by atoms with Crippen LogP contribution in [-0.2, 0) is 11.2 Å². The highest BCUT2D eigenvalue weighted by Gasteiger charge is 2.55. The molecule has 1 saturated heterocycles. The third kappa shape index (κ3) is 5.12. The molecule has 1 aliphatic heterocycles. The molecule has 0 amide bonds. The highest BCUT2D eigenvalue weighted by atomic mass is 19.3. The van der Waals surface area contributed by atoms with Gasteiger partial charge in [-0.05, 0) is 50.2 Å². The Labute approximate surface area is 215 Å². The lowest BCUT2D eigenvalue weighted by Crippen LogP contribution is -2.63. The van der Waals surface area contributed by atoms with E-state index in [0.29, 0.717) is 35.5 Å². The summed E-state index contributed by atoms with van der Waals surface area (Å²) in [6.45, 7) is 6.45. The Morgan fingerprint density at radius 1 is 1.03 bits per heavy atom. The maximum Gasteiger partial charge on any atom is 0.273 e. The SMILES string of the molecule is Cc1cccc(C(C)(O)C#Cc2cncc(C(O)(c3ccc(C(F)C(F)F)cc3)C3(C)CN(C)C3)c2)n1. The molecular weight excluding hydrogens is 479 g/mol. The van der Waals surface area contributed by atoms with Crippen LogP contribution in [0.4, 0.5) is 13.2 Å². The van der Waals surface area contributed by atoms with Crippen LogP contribution < -0.4 is 0 Å². The number of rotatable bonds is 6. The summed E-state index contributed by atoms with van der Waals surface area (Å²) in [5.74, 6) is 5.78. The summed E-state index contributed by atoms with van der Waals surface area (Å²) in [5, 5.41) is 23.1. The fourth-order valence-electron chi connectivity index (χ4n) is 5.07. The molecule has 8 heteroatoms. The highest BCUT2D eigenvalue weighted by molar-refractivity contribution is 5.45. The van der Waals surface area contributed by atoms with Gasteiger partial charge in [0.2, 0.25) is 0 Å². The molecule has 5 nitrogen and oxygen atoms in total. The van der Waals surface area contributed by atoms with E-state index in [-0.39, 0.29) is 5.56 Å². The first kappa shape index (κ1) is 26.8. The van der Waals surface area contributed by atoms with Gasteiger partial charge in [0, 0.05) is 47.7 Å². The lowest BCUT2D eigenvalue weighted by molar-refractivity contribution is -0.127. The van der Waals surface area contributed by atoms with Crippen LogP contribution >= 0.6 is 0 Å². The van der Waals surface area contributed by atoms with Gasteiger partial charge in [-0.15, -0.1) is 0 Å². The summed E-state index contributed by atoms with van der Waals surface area (Å²) in [6, 6.07) is 12.6. The molecule has 2 N–H and O–H groups in total. The second kappa shape index (κ2) is 9.90. The maximum atomic E-state index is 13.9. The Hall–Kier alpha value is -3.25.